The van der Waals surface area contributed by atoms with Gasteiger partial charge in [-0.2, -0.15) is 5.10 Å². The number of aromatic nitrogens is 2. The van der Waals surface area contributed by atoms with Gasteiger partial charge in [-0.05, 0) is 31.0 Å². The van der Waals surface area contributed by atoms with Gasteiger partial charge >= 0.3 is 6.09 Å². The molecule has 2 heterocycles. The Bertz CT molecular complexity index is 747. The molecule has 2 amide bonds. The molecule has 0 aliphatic carbocycles. The third-order valence-corrected chi connectivity index (χ3v) is 4.21. The van der Waals surface area contributed by atoms with Crippen LogP contribution in [-0.4, -0.2) is 53.0 Å². The van der Waals surface area contributed by atoms with Crippen molar-refractivity contribution in [2.45, 2.75) is 25.4 Å². The number of carbonyl (C=O) groups is 2. The summed E-state index contributed by atoms with van der Waals surface area (Å²) < 4.78 is 12.2. The van der Waals surface area contributed by atoms with Crippen LogP contribution in [0.2, 0.25) is 0 Å². The number of amides is 2. The molecule has 0 radical (unpaired) electrons. The van der Waals surface area contributed by atoms with Crippen molar-refractivity contribution in [1.82, 2.24) is 14.7 Å². The first-order valence-corrected chi connectivity index (χ1v) is 8.53. The standard InChI is InChI=1S/C18H22N4O4/c1-25-18(24)22-10-3-7-16(22)17(23)20-14-5-2-6-15(13-14)26-12-11-21-9-4-8-19-21/h2,4-6,8-9,13,16H,3,7,10-12H2,1H3,(H,20,23). The van der Waals surface area contributed by atoms with Gasteiger partial charge in [0.25, 0.3) is 0 Å². The van der Waals surface area contributed by atoms with Crippen LogP contribution in [0.25, 0.3) is 0 Å². The van der Waals surface area contributed by atoms with E-state index in [4.69, 9.17) is 9.47 Å². The summed E-state index contributed by atoms with van der Waals surface area (Å²) in [4.78, 5) is 25.7. The zero-order chi connectivity index (χ0) is 18.4. The van der Waals surface area contributed by atoms with Crippen LogP contribution in [-0.2, 0) is 16.1 Å². The molecule has 138 valence electrons. The van der Waals surface area contributed by atoms with Gasteiger partial charge in [-0.3, -0.25) is 14.4 Å². The highest BCUT2D eigenvalue weighted by atomic mass is 16.5. The van der Waals surface area contributed by atoms with Gasteiger partial charge in [-0.1, -0.05) is 6.07 Å². The van der Waals surface area contributed by atoms with Crippen LogP contribution in [0.1, 0.15) is 12.8 Å². The highest BCUT2D eigenvalue weighted by Crippen LogP contribution is 2.22. The molecule has 3 rings (SSSR count). The predicted octanol–water partition coefficient (Wildman–Crippen LogP) is 2.13. The van der Waals surface area contributed by atoms with Gasteiger partial charge < -0.3 is 14.8 Å². The average Bonchev–Trinajstić information content (AvgIpc) is 3.33. The summed E-state index contributed by atoms with van der Waals surface area (Å²) in [5, 5.41) is 6.97. The summed E-state index contributed by atoms with van der Waals surface area (Å²) in [6.45, 7) is 1.64. The van der Waals surface area contributed by atoms with Crippen LogP contribution < -0.4 is 10.1 Å². The first-order valence-electron chi connectivity index (χ1n) is 8.53. The van der Waals surface area contributed by atoms with E-state index in [1.807, 2.05) is 24.4 Å². The Balaban J connectivity index is 1.56. The first-order chi connectivity index (χ1) is 12.7. The molecule has 0 spiro atoms. The maximum absolute atomic E-state index is 12.5. The molecule has 1 aliphatic rings. The van der Waals surface area contributed by atoms with Crippen molar-refractivity contribution in [3.8, 4) is 5.75 Å². The number of ether oxygens (including phenoxy) is 2. The van der Waals surface area contributed by atoms with Crippen LogP contribution in [0.4, 0.5) is 10.5 Å². The Kier molecular flexibility index (Phi) is 5.73. The Morgan fingerprint density at radius 2 is 2.23 bits per heavy atom. The Morgan fingerprint density at radius 1 is 1.35 bits per heavy atom. The zero-order valence-electron chi connectivity index (χ0n) is 14.6. The molecule has 1 N–H and O–H groups in total. The van der Waals surface area contributed by atoms with Crippen molar-refractivity contribution in [3.63, 3.8) is 0 Å². The summed E-state index contributed by atoms with van der Waals surface area (Å²) in [5.41, 5.74) is 0.628. The summed E-state index contributed by atoms with van der Waals surface area (Å²) in [6, 6.07) is 8.54. The minimum atomic E-state index is -0.508. The number of benzene rings is 1. The summed E-state index contributed by atoms with van der Waals surface area (Å²) in [6.07, 6.45) is 4.52. The van der Waals surface area contributed by atoms with Crippen LogP contribution in [0, 0.1) is 0 Å². The van der Waals surface area contributed by atoms with E-state index in [2.05, 4.69) is 10.4 Å². The Morgan fingerprint density at radius 3 is 3.00 bits per heavy atom. The maximum Gasteiger partial charge on any atom is 0.410 e. The monoisotopic (exact) mass is 358 g/mol. The number of methoxy groups -OCH3 is 1. The SMILES string of the molecule is COC(=O)N1CCCC1C(=O)Nc1cccc(OCCn2cccn2)c1. The minimum absolute atomic E-state index is 0.221. The molecule has 1 fully saturated rings. The van der Waals surface area contributed by atoms with E-state index < -0.39 is 12.1 Å². The molecule has 1 aliphatic heterocycles. The second kappa shape index (κ2) is 8.37. The molecule has 26 heavy (non-hydrogen) atoms. The fourth-order valence-corrected chi connectivity index (χ4v) is 2.95. The fourth-order valence-electron chi connectivity index (χ4n) is 2.95. The molecule has 0 saturated carbocycles. The van der Waals surface area contributed by atoms with E-state index in [0.717, 1.165) is 6.42 Å². The number of nitrogens with zero attached hydrogens (tertiary/aromatic N) is 3. The molecule has 1 aromatic carbocycles. The molecule has 1 saturated heterocycles. The van der Waals surface area contributed by atoms with Crippen molar-refractivity contribution in [1.29, 1.82) is 0 Å². The van der Waals surface area contributed by atoms with Gasteiger partial charge in [0.1, 0.15) is 18.4 Å². The molecular formula is C18H22N4O4. The number of likely N-dealkylation sites (tertiary alicyclic amines) is 1. The quantitative estimate of drug-likeness (QED) is 0.855. The zero-order valence-corrected chi connectivity index (χ0v) is 14.6. The van der Waals surface area contributed by atoms with Gasteiger partial charge in [-0.15, -0.1) is 0 Å². The Labute approximate surface area is 151 Å². The van der Waals surface area contributed by atoms with Gasteiger partial charge in [0.2, 0.25) is 5.91 Å². The van der Waals surface area contributed by atoms with E-state index in [9.17, 15) is 9.59 Å². The van der Waals surface area contributed by atoms with Crippen molar-refractivity contribution in [3.05, 3.63) is 42.7 Å². The minimum Gasteiger partial charge on any atom is -0.492 e. The van der Waals surface area contributed by atoms with Crippen LogP contribution in [0.15, 0.2) is 42.7 Å². The number of carbonyl (C=O) groups excluding carboxylic acids is 2. The topological polar surface area (TPSA) is 85.7 Å². The highest BCUT2D eigenvalue weighted by molar-refractivity contribution is 5.97. The lowest BCUT2D eigenvalue weighted by Crippen LogP contribution is -2.43. The Hall–Kier alpha value is -3.03. The summed E-state index contributed by atoms with van der Waals surface area (Å²) >= 11 is 0. The molecule has 0 bridgehead atoms. The number of anilines is 1. The predicted molar refractivity (Wildman–Crippen MR) is 94.9 cm³/mol. The van der Waals surface area contributed by atoms with E-state index in [1.54, 1.807) is 23.0 Å². The number of nitrogens with one attached hydrogen (secondary N) is 1. The lowest BCUT2D eigenvalue weighted by Gasteiger charge is -2.22. The average molecular weight is 358 g/mol. The second-order valence-electron chi connectivity index (χ2n) is 5.96. The molecule has 2 aromatic rings. The smallest absolute Gasteiger partial charge is 0.410 e. The van der Waals surface area contributed by atoms with Crippen molar-refractivity contribution in [2.24, 2.45) is 0 Å². The van der Waals surface area contributed by atoms with Crippen LogP contribution >= 0.6 is 0 Å². The lowest BCUT2D eigenvalue weighted by atomic mass is 10.2. The third-order valence-electron chi connectivity index (χ3n) is 4.21. The third kappa shape index (κ3) is 4.33. The van der Waals surface area contributed by atoms with E-state index in [0.29, 0.717) is 37.6 Å². The number of hydrogen-bond donors (Lipinski definition) is 1. The lowest BCUT2D eigenvalue weighted by molar-refractivity contribution is -0.119. The molecule has 8 heteroatoms. The normalized spacial score (nSPS) is 16.3. The number of hydrogen-bond acceptors (Lipinski definition) is 5. The molecule has 8 nitrogen and oxygen atoms in total. The van der Waals surface area contributed by atoms with E-state index >= 15 is 0 Å². The van der Waals surface area contributed by atoms with E-state index in [-0.39, 0.29) is 5.91 Å². The van der Waals surface area contributed by atoms with Gasteiger partial charge in [0.05, 0.1) is 13.7 Å². The highest BCUT2D eigenvalue weighted by Gasteiger charge is 2.34. The van der Waals surface area contributed by atoms with Gasteiger partial charge in [0, 0.05) is 30.7 Å². The van der Waals surface area contributed by atoms with Crippen LogP contribution in [0.5, 0.6) is 5.75 Å². The van der Waals surface area contributed by atoms with Crippen molar-refractivity contribution < 1.29 is 19.1 Å². The summed E-state index contributed by atoms with van der Waals surface area (Å²) in [7, 11) is 1.32. The maximum atomic E-state index is 12.5. The largest absolute Gasteiger partial charge is 0.492 e. The fraction of sp³-hybridized carbons (Fsp3) is 0.389. The van der Waals surface area contributed by atoms with E-state index in [1.165, 1.54) is 12.0 Å². The first kappa shape index (κ1) is 17.8. The summed E-state index contributed by atoms with van der Waals surface area (Å²) in [5.74, 6) is 0.438. The van der Waals surface area contributed by atoms with Gasteiger partial charge in [-0.25, -0.2) is 4.79 Å². The van der Waals surface area contributed by atoms with Crippen molar-refractivity contribution >= 4 is 17.7 Å². The van der Waals surface area contributed by atoms with Crippen molar-refractivity contribution in [2.75, 3.05) is 25.6 Å². The molecular weight excluding hydrogens is 336 g/mol. The molecule has 1 unspecified atom stereocenters. The van der Waals surface area contributed by atoms with Crippen LogP contribution in [0.3, 0.4) is 0 Å². The molecule has 1 atom stereocenters. The second-order valence-corrected chi connectivity index (χ2v) is 5.96. The molecule has 1 aromatic heterocycles. The number of rotatable bonds is 6. The van der Waals surface area contributed by atoms with Gasteiger partial charge in [0.15, 0.2) is 0 Å².